The number of urea groups is 2. The second kappa shape index (κ2) is 20.0. The minimum atomic E-state index is -4.88. The molecule has 0 saturated heterocycles. The van der Waals surface area contributed by atoms with Crippen LogP contribution in [0.2, 0.25) is 0 Å². The van der Waals surface area contributed by atoms with Gasteiger partial charge in [-0.3, -0.25) is 0 Å². The molecule has 4 amide bonds. The predicted molar refractivity (Wildman–Crippen MR) is 233 cm³/mol. The maximum Gasteiger partial charge on any atom is 0.419 e. The third kappa shape index (κ3) is 12.5. The van der Waals surface area contributed by atoms with Crippen molar-refractivity contribution in [1.82, 2.24) is 19.9 Å². The summed E-state index contributed by atoms with van der Waals surface area (Å²) in [5, 5.41) is 9.66. The summed E-state index contributed by atoms with van der Waals surface area (Å²) in [5.74, 6) is 1.35. The summed E-state index contributed by atoms with van der Waals surface area (Å²) < 4.78 is 112. The van der Waals surface area contributed by atoms with Crippen molar-refractivity contribution in [3.05, 3.63) is 157 Å². The highest BCUT2D eigenvalue weighted by atomic mass is 19.4. The highest BCUT2D eigenvalue weighted by Crippen LogP contribution is 2.34. The van der Waals surface area contributed by atoms with Crippen LogP contribution in [0, 0.1) is 5.82 Å². The fourth-order valence-electron chi connectivity index (χ4n) is 5.94. The fraction of sp³-hybridized carbons (Fsp3) is 0.0870. The van der Waals surface area contributed by atoms with Crippen molar-refractivity contribution in [3.63, 3.8) is 0 Å². The molecule has 6 aromatic carbocycles. The lowest BCUT2D eigenvalue weighted by Crippen LogP contribution is -2.20. The topological polar surface area (TPSA) is 171 Å². The number of rotatable bonds is 10. The van der Waals surface area contributed by atoms with Gasteiger partial charge in [-0.15, -0.1) is 0 Å². The van der Waals surface area contributed by atoms with Gasteiger partial charge in [0, 0.05) is 34.9 Å². The molecular weight excluding hydrogens is 894 g/mol. The van der Waals surface area contributed by atoms with Gasteiger partial charge in [-0.1, -0.05) is 6.07 Å². The van der Waals surface area contributed by atoms with Gasteiger partial charge in [-0.25, -0.2) is 33.9 Å². The molecule has 21 heteroatoms. The Morgan fingerprint density at radius 3 is 1.36 bits per heavy atom. The summed E-state index contributed by atoms with van der Waals surface area (Å²) in [6.07, 6.45) is -6.33. The molecule has 2 aromatic heterocycles. The van der Waals surface area contributed by atoms with Crippen LogP contribution in [0.25, 0.3) is 22.1 Å². The molecule has 0 fully saturated rings. The zero-order chi connectivity index (χ0) is 47.7. The Balaban J connectivity index is 0.000000199. The third-order valence-corrected chi connectivity index (χ3v) is 9.07. The molecule has 8 aromatic rings. The lowest BCUT2D eigenvalue weighted by molar-refractivity contribution is -0.140. The number of carbonyl (C=O) groups excluding carboxylic acids is 2. The van der Waals surface area contributed by atoms with Crippen LogP contribution in [0.5, 0.6) is 34.8 Å². The summed E-state index contributed by atoms with van der Waals surface area (Å²) in [7, 11) is 3.00. The van der Waals surface area contributed by atoms with Crippen LogP contribution in [0.3, 0.4) is 0 Å². The first kappa shape index (κ1) is 46.2. The maximum atomic E-state index is 13.4. The van der Waals surface area contributed by atoms with Gasteiger partial charge in [0.15, 0.2) is 0 Å². The zero-order valence-corrected chi connectivity index (χ0v) is 34.7. The number of fused-ring (bicyclic) bond motifs is 2. The second-order valence-electron chi connectivity index (χ2n) is 13.8. The molecule has 67 heavy (non-hydrogen) atoms. The summed E-state index contributed by atoms with van der Waals surface area (Å²) in [6.45, 7) is 0. The van der Waals surface area contributed by atoms with Gasteiger partial charge >= 0.3 is 24.4 Å². The molecule has 4 N–H and O–H groups in total. The molecule has 8 rings (SSSR count). The molecule has 2 heterocycles. The molecule has 0 unspecified atom stereocenters. The molecule has 0 aliphatic heterocycles. The molecule has 0 aliphatic carbocycles. The van der Waals surface area contributed by atoms with E-state index in [9.17, 15) is 40.3 Å². The Labute approximate surface area is 374 Å². The van der Waals surface area contributed by atoms with Crippen molar-refractivity contribution >= 4 is 56.9 Å². The van der Waals surface area contributed by atoms with Gasteiger partial charge in [0.25, 0.3) is 0 Å². The number of hydrogen-bond acceptors (Lipinski definition) is 10. The van der Waals surface area contributed by atoms with E-state index in [1.807, 2.05) is 0 Å². The lowest BCUT2D eigenvalue weighted by Gasteiger charge is -2.12. The number of amides is 4. The van der Waals surface area contributed by atoms with Crippen LogP contribution >= 0.6 is 0 Å². The normalized spacial score (nSPS) is 11.2. The molecule has 342 valence electrons. The number of aromatic nitrogens is 4. The zero-order valence-electron chi connectivity index (χ0n) is 34.7. The van der Waals surface area contributed by atoms with Gasteiger partial charge in [0.1, 0.15) is 28.8 Å². The molecule has 0 radical (unpaired) electrons. The highest BCUT2D eigenvalue weighted by molar-refractivity contribution is 6.00. The number of carbonyl (C=O) groups is 2. The standard InChI is InChI=1S/C23H16F4N4O3.C23H17F3N4O3/c1-33-21-12-28-19-9-7-16(11-20(19)31-21)34-15-5-2-13(3-6-15)29-22(32)30-14-4-8-18(24)17(10-14)23(25,26)27;1-32-21-13-27-19-10-9-18(12-20(19)30-21)33-17-7-5-15(6-8-17)28-22(31)29-16-4-2-3-14(11-16)23(24,25)26/h2-12H,1H3,(H2,29,30,32);2-13H,1H3,(H2,28,29,31). The van der Waals surface area contributed by atoms with Crippen molar-refractivity contribution in [2.75, 3.05) is 35.5 Å². The number of anilines is 4. The fourth-order valence-corrected chi connectivity index (χ4v) is 5.94. The smallest absolute Gasteiger partial charge is 0.419 e. The van der Waals surface area contributed by atoms with Crippen molar-refractivity contribution in [2.45, 2.75) is 12.4 Å². The van der Waals surface area contributed by atoms with E-state index < -0.39 is 41.4 Å². The first-order valence-corrected chi connectivity index (χ1v) is 19.4. The van der Waals surface area contributed by atoms with Gasteiger partial charge in [0.2, 0.25) is 11.8 Å². The number of halogens is 7. The number of benzene rings is 6. The van der Waals surface area contributed by atoms with E-state index in [0.29, 0.717) is 80.3 Å². The van der Waals surface area contributed by atoms with Crippen LogP contribution in [-0.4, -0.2) is 46.2 Å². The maximum absolute atomic E-state index is 13.4. The van der Waals surface area contributed by atoms with Gasteiger partial charge < -0.3 is 40.2 Å². The Kier molecular flexibility index (Phi) is 13.8. The average Bonchev–Trinajstić information content (AvgIpc) is 3.30. The number of ether oxygens (including phenoxy) is 4. The number of nitrogens with zero attached hydrogens (tertiary/aromatic N) is 4. The molecule has 0 atom stereocenters. The van der Waals surface area contributed by atoms with E-state index in [4.69, 9.17) is 18.9 Å². The summed E-state index contributed by atoms with van der Waals surface area (Å²) in [6, 6.07) is 28.3. The van der Waals surface area contributed by atoms with Crippen LogP contribution < -0.4 is 40.2 Å². The molecule has 0 spiro atoms. The minimum absolute atomic E-state index is 0.0262. The van der Waals surface area contributed by atoms with Crippen LogP contribution in [0.4, 0.5) is 63.1 Å². The van der Waals surface area contributed by atoms with E-state index in [2.05, 4.69) is 41.2 Å². The predicted octanol–water partition coefficient (Wildman–Crippen LogP) is 12.3. The molecule has 0 bridgehead atoms. The highest BCUT2D eigenvalue weighted by Gasteiger charge is 2.34. The number of nitrogens with one attached hydrogen (secondary N) is 4. The molecular formula is C46H33F7N8O6. The minimum Gasteiger partial charge on any atom is -0.480 e. The number of methoxy groups -OCH3 is 2. The van der Waals surface area contributed by atoms with E-state index in [1.165, 1.54) is 38.7 Å². The van der Waals surface area contributed by atoms with Crippen LogP contribution in [-0.2, 0) is 12.4 Å². The lowest BCUT2D eigenvalue weighted by atomic mass is 10.2. The van der Waals surface area contributed by atoms with Gasteiger partial charge in [-0.05, 0) is 109 Å². The largest absolute Gasteiger partial charge is 0.480 e. The van der Waals surface area contributed by atoms with Crippen LogP contribution in [0.1, 0.15) is 11.1 Å². The van der Waals surface area contributed by atoms with Crippen molar-refractivity contribution in [3.8, 4) is 34.8 Å². The Morgan fingerprint density at radius 2 is 0.910 bits per heavy atom. The Bertz CT molecular complexity index is 3050. The van der Waals surface area contributed by atoms with E-state index in [1.54, 1.807) is 84.9 Å². The van der Waals surface area contributed by atoms with Crippen molar-refractivity contribution < 1.29 is 59.3 Å². The summed E-state index contributed by atoms with van der Waals surface area (Å²) in [5.41, 5.74) is 0.845. The van der Waals surface area contributed by atoms with Gasteiger partial charge in [0.05, 0.1) is 59.8 Å². The average molecular weight is 927 g/mol. The quantitative estimate of drug-likeness (QED) is 0.0968. The Morgan fingerprint density at radius 1 is 0.478 bits per heavy atom. The van der Waals surface area contributed by atoms with E-state index >= 15 is 0 Å². The van der Waals surface area contributed by atoms with Gasteiger partial charge in [-0.2, -0.15) is 26.3 Å². The first-order valence-electron chi connectivity index (χ1n) is 19.4. The molecule has 0 aliphatic rings. The SMILES string of the molecule is COc1cnc2ccc(Oc3ccc(NC(=O)Nc4ccc(F)c(C(F)(F)F)c4)cc3)cc2n1.COc1cnc2ccc(Oc3ccc(NC(=O)Nc4cccc(C(F)(F)F)c4)cc3)cc2n1. The monoisotopic (exact) mass is 926 g/mol. The Hall–Kier alpha value is -8.75. The third-order valence-electron chi connectivity index (χ3n) is 9.07. The van der Waals surface area contributed by atoms with E-state index in [0.717, 1.165) is 18.2 Å². The molecule has 0 saturated carbocycles. The second-order valence-corrected chi connectivity index (χ2v) is 13.8. The summed E-state index contributed by atoms with van der Waals surface area (Å²) in [4.78, 5) is 41.3. The number of hydrogen-bond donors (Lipinski definition) is 4. The summed E-state index contributed by atoms with van der Waals surface area (Å²) >= 11 is 0. The van der Waals surface area contributed by atoms with E-state index in [-0.39, 0.29) is 11.4 Å². The number of alkyl halides is 6. The first-order chi connectivity index (χ1) is 32.0. The molecule has 14 nitrogen and oxygen atoms in total. The van der Waals surface area contributed by atoms with Crippen LogP contribution in [0.15, 0.2) is 140 Å². The van der Waals surface area contributed by atoms with Crippen molar-refractivity contribution in [2.24, 2.45) is 0 Å². The van der Waals surface area contributed by atoms with Crippen molar-refractivity contribution in [1.29, 1.82) is 0 Å².